The number of aliphatic imine (C=N–C) groups is 1. The number of hydrogen-bond acceptors (Lipinski definition) is 3. The molecule has 0 aliphatic heterocycles. The number of nitrogens with zero attached hydrogens (tertiary/aromatic N) is 1. The number of carbonyl (C=O) groups excluding carboxylic acids is 1. The van der Waals surface area contributed by atoms with Crippen molar-refractivity contribution >= 4 is 55.4 Å². The molecule has 0 aliphatic carbocycles. The maximum Gasteiger partial charge on any atom is 0.262 e. The molecule has 0 radical (unpaired) electrons. The fraction of sp³-hybridized carbons (Fsp3) is 0.130. The first kappa shape index (κ1) is 21.3. The van der Waals surface area contributed by atoms with Gasteiger partial charge in [-0.15, -0.1) is 0 Å². The smallest absolute Gasteiger partial charge is 0.262 e. The predicted molar refractivity (Wildman–Crippen MR) is 126 cm³/mol. The van der Waals surface area contributed by atoms with Crippen molar-refractivity contribution in [3.05, 3.63) is 86.3 Å². The summed E-state index contributed by atoms with van der Waals surface area (Å²) in [4.78, 5) is 16.7. The van der Waals surface area contributed by atoms with Crippen LogP contribution in [0.2, 0.25) is 0 Å². The highest BCUT2D eigenvalue weighted by Gasteiger charge is 2.11. The van der Waals surface area contributed by atoms with E-state index in [1.807, 2.05) is 62.5 Å². The third-order valence-corrected chi connectivity index (χ3v) is 5.32. The number of para-hydroxylation sites is 1. The Morgan fingerprint density at radius 3 is 2.41 bits per heavy atom. The van der Waals surface area contributed by atoms with Crippen molar-refractivity contribution < 1.29 is 9.53 Å². The molecule has 0 unspecified atom stereocenters. The van der Waals surface area contributed by atoms with Crippen molar-refractivity contribution in [2.24, 2.45) is 4.99 Å². The molecule has 3 aromatic rings. The molecular formula is C23H20Br2N2O2. The third-order valence-electron chi connectivity index (χ3n) is 4.14. The fourth-order valence-electron chi connectivity index (χ4n) is 2.65. The maximum absolute atomic E-state index is 12.1. The Hall–Kier alpha value is -2.44. The van der Waals surface area contributed by atoms with Crippen LogP contribution in [0.25, 0.3) is 0 Å². The van der Waals surface area contributed by atoms with E-state index in [-0.39, 0.29) is 12.5 Å². The van der Waals surface area contributed by atoms with Gasteiger partial charge in [0, 0.05) is 11.9 Å². The summed E-state index contributed by atoms with van der Waals surface area (Å²) in [5, 5.41) is 2.80. The molecule has 0 heterocycles. The topological polar surface area (TPSA) is 50.7 Å². The molecule has 4 nitrogen and oxygen atoms in total. The van der Waals surface area contributed by atoms with Gasteiger partial charge in [0.15, 0.2) is 6.61 Å². The summed E-state index contributed by atoms with van der Waals surface area (Å²) >= 11 is 7.04. The maximum atomic E-state index is 12.1. The highest BCUT2D eigenvalue weighted by molar-refractivity contribution is 9.11. The molecular weight excluding hydrogens is 496 g/mol. The van der Waals surface area contributed by atoms with Crippen LogP contribution >= 0.6 is 31.9 Å². The quantitative estimate of drug-likeness (QED) is 0.376. The van der Waals surface area contributed by atoms with Gasteiger partial charge in [-0.2, -0.15) is 0 Å². The largest absolute Gasteiger partial charge is 0.481 e. The van der Waals surface area contributed by atoms with E-state index in [1.165, 1.54) is 5.56 Å². The van der Waals surface area contributed by atoms with Gasteiger partial charge in [-0.3, -0.25) is 9.79 Å². The summed E-state index contributed by atoms with van der Waals surface area (Å²) < 4.78 is 7.18. The molecule has 3 aromatic carbocycles. The van der Waals surface area contributed by atoms with Gasteiger partial charge in [0.1, 0.15) is 5.75 Å². The first-order chi connectivity index (χ1) is 13.9. The molecule has 0 aromatic heterocycles. The van der Waals surface area contributed by atoms with Gasteiger partial charge < -0.3 is 10.1 Å². The van der Waals surface area contributed by atoms with Crippen LogP contribution in [0.15, 0.2) is 74.6 Å². The zero-order valence-electron chi connectivity index (χ0n) is 16.1. The van der Waals surface area contributed by atoms with Crippen LogP contribution in [0, 0.1) is 13.8 Å². The van der Waals surface area contributed by atoms with E-state index in [0.717, 1.165) is 31.4 Å². The van der Waals surface area contributed by atoms with Crippen LogP contribution in [0.3, 0.4) is 0 Å². The molecule has 0 fully saturated rings. The van der Waals surface area contributed by atoms with Gasteiger partial charge in [0.2, 0.25) is 0 Å². The second kappa shape index (κ2) is 9.85. The van der Waals surface area contributed by atoms with Crippen LogP contribution < -0.4 is 10.1 Å². The lowest BCUT2D eigenvalue weighted by atomic mass is 10.1. The first-order valence-corrected chi connectivity index (χ1v) is 10.6. The lowest BCUT2D eigenvalue weighted by molar-refractivity contribution is -0.118. The van der Waals surface area contributed by atoms with Gasteiger partial charge in [-0.05, 0) is 92.7 Å². The number of ether oxygens (including phenoxy) is 1. The summed E-state index contributed by atoms with van der Waals surface area (Å²) in [5.41, 5.74) is 4.87. The van der Waals surface area contributed by atoms with Crippen molar-refractivity contribution in [1.29, 1.82) is 0 Å². The number of amides is 1. The Bertz CT molecular complexity index is 1030. The van der Waals surface area contributed by atoms with E-state index in [1.54, 1.807) is 0 Å². The molecule has 1 N–H and O–H groups in total. The highest BCUT2D eigenvalue weighted by Crippen LogP contribution is 2.34. The molecule has 0 aliphatic rings. The number of benzene rings is 3. The van der Waals surface area contributed by atoms with Gasteiger partial charge in [-0.25, -0.2) is 0 Å². The second-order valence-electron chi connectivity index (χ2n) is 6.56. The Morgan fingerprint density at radius 2 is 1.72 bits per heavy atom. The Kier molecular flexibility index (Phi) is 7.23. The number of hydrogen-bond donors (Lipinski definition) is 1. The van der Waals surface area contributed by atoms with E-state index in [4.69, 9.17) is 4.74 Å². The second-order valence-corrected chi connectivity index (χ2v) is 8.27. The van der Waals surface area contributed by atoms with Gasteiger partial charge in [0.05, 0.1) is 14.6 Å². The average Bonchev–Trinajstić information content (AvgIpc) is 2.69. The molecule has 6 heteroatoms. The van der Waals surface area contributed by atoms with Crippen molar-refractivity contribution in [3.8, 4) is 5.75 Å². The Morgan fingerprint density at radius 1 is 1.03 bits per heavy atom. The molecule has 0 saturated carbocycles. The fourth-order valence-corrected chi connectivity index (χ4v) is 4.10. The van der Waals surface area contributed by atoms with Crippen LogP contribution in [0.1, 0.15) is 16.7 Å². The van der Waals surface area contributed by atoms with Crippen LogP contribution in [0.4, 0.5) is 11.4 Å². The first-order valence-electron chi connectivity index (χ1n) is 9.00. The lowest BCUT2D eigenvalue weighted by Gasteiger charge is -2.11. The van der Waals surface area contributed by atoms with Gasteiger partial charge in [0.25, 0.3) is 5.91 Å². The summed E-state index contributed by atoms with van der Waals surface area (Å²) in [7, 11) is 0. The minimum atomic E-state index is -0.226. The van der Waals surface area contributed by atoms with Crippen LogP contribution in [-0.2, 0) is 4.79 Å². The van der Waals surface area contributed by atoms with E-state index < -0.39 is 0 Å². The minimum absolute atomic E-state index is 0.0952. The molecule has 0 atom stereocenters. The summed E-state index contributed by atoms with van der Waals surface area (Å²) in [6, 6.07) is 19.3. The number of aryl methyl sites for hydroxylation is 2. The number of carbonyl (C=O) groups is 1. The molecule has 0 saturated heterocycles. The predicted octanol–water partition coefficient (Wildman–Crippen LogP) is 6.60. The number of anilines is 1. The number of rotatable bonds is 6. The van der Waals surface area contributed by atoms with Crippen molar-refractivity contribution in [1.82, 2.24) is 0 Å². The third kappa shape index (κ3) is 6.02. The van der Waals surface area contributed by atoms with Crippen molar-refractivity contribution in [3.63, 3.8) is 0 Å². The zero-order chi connectivity index (χ0) is 20.8. The normalized spacial score (nSPS) is 10.9. The van der Waals surface area contributed by atoms with E-state index in [2.05, 4.69) is 60.4 Å². The van der Waals surface area contributed by atoms with Gasteiger partial charge >= 0.3 is 0 Å². The van der Waals surface area contributed by atoms with E-state index >= 15 is 0 Å². The lowest BCUT2D eigenvalue weighted by Crippen LogP contribution is -2.20. The van der Waals surface area contributed by atoms with E-state index in [0.29, 0.717) is 5.75 Å². The summed E-state index contributed by atoms with van der Waals surface area (Å²) in [5.74, 6) is 0.340. The molecule has 148 valence electrons. The highest BCUT2D eigenvalue weighted by atomic mass is 79.9. The van der Waals surface area contributed by atoms with Crippen LogP contribution in [0.5, 0.6) is 5.75 Å². The van der Waals surface area contributed by atoms with E-state index in [9.17, 15) is 4.79 Å². The molecule has 0 bridgehead atoms. The SMILES string of the molecule is Cc1ccc(C)c(N=Cc2cc(Br)c(OCC(=O)Nc3ccccc3)c(Br)c2)c1. The van der Waals surface area contributed by atoms with Crippen LogP contribution in [-0.4, -0.2) is 18.7 Å². The Balaban J connectivity index is 1.68. The molecule has 29 heavy (non-hydrogen) atoms. The number of nitrogens with one attached hydrogen (secondary N) is 1. The average molecular weight is 516 g/mol. The molecule has 1 amide bonds. The Labute approximate surface area is 187 Å². The standard InChI is InChI=1S/C23H20Br2N2O2/c1-15-8-9-16(2)21(10-15)26-13-17-11-19(24)23(20(25)12-17)29-14-22(28)27-18-6-4-3-5-7-18/h3-13H,14H2,1-2H3,(H,27,28). The zero-order valence-corrected chi connectivity index (χ0v) is 19.2. The molecule has 3 rings (SSSR count). The minimum Gasteiger partial charge on any atom is -0.481 e. The van der Waals surface area contributed by atoms with Crippen molar-refractivity contribution in [2.75, 3.05) is 11.9 Å². The molecule has 0 spiro atoms. The van der Waals surface area contributed by atoms with Gasteiger partial charge in [-0.1, -0.05) is 30.3 Å². The summed E-state index contributed by atoms with van der Waals surface area (Å²) in [6.07, 6.45) is 1.81. The monoisotopic (exact) mass is 514 g/mol. The summed E-state index contributed by atoms with van der Waals surface area (Å²) in [6.45, 7) is 3.99. The van der Waals surface area contributed by atoms with Crippen molar-refractivity contribution in [2.45, 2.75) is 13.8 Å². The number of halogens is 2.